The highest BCUT2D eigenvalue weighted by Crippen LogP contribution is 2.25. The van der Waals surface area contributed by atoms with Gasteiger partial charge in [0, 0.05) is 13.7 Å². The second kappa shape index (κ2) is 7.77. The molecule has 0 saturated carbocycles. The highest BCUT2D eigenvalue weighted by atomic mass is 16.5. The Balaban J connectivity index is 2.61. The van der Waals surface area contributed by atoms with Gasteiger partial charge >= 0.3 is 0 Å². The molecule has 0 radical (unpaired) electrons. The van der Waals surface area contributed by atoms with Crippen LogP contribution in [-0.2, 0) is 9.47 Å². The molecule has 2 atom stereocenters. The van der Waals surface area contributed by atoms with Crippen LogP contribution in [0.3, 0.4) is 0 Å². The number of ether oxygens (including phenoxy) is 2. The van der Waals surface area contributed by atoms with Gasteiger partial charge in [-0.3, -0.25) is 0 Å². The van der Waals surface area contributed by atoms with Crippen LogP contribution in [0, 0.1) is 5.92 Å². The summed E-state index contributed by atoms with van der Waals surface area (Å²) in [5.41, 5.74) is 0.705. The van der Waals surface area contributed by atoms with Crippen molar-refractivity contribution in [3.05, 3.63) is 35.9 Å². The second-order valence-corrected chi connectivity index (χ2v) is 6.15. The molecule has 0 amide bonds. The molecule has 0 spiro atoms. The molecule has 3 heteroatoms. The van der Waals surface area contributed by atoms with E-state index in [1.807, 2.05) is 44.2 Å². The molecule has 0 heterocycles. The van der Waals surface area contributed by atoms with Crippen LogP contribution in [-0.4, -0.2) is 30.5 Å². The molecule has 1 N–H and O–H groups in total. The zero-order chi connectivity index (χ0) is 15.2. The zero-order valence-electron chi connectivity index (χ0n) is 13.3. The van der Waals surface area contributed by atoms with Gasteiger partial charge in [0.15, 0.2) is 0 Å². The molecule has 3 nitrogen and oxygen atoms in total. The third-order valence-corrected chi connectivity index (χ3v) is 3.68. The van der Waals surface area contributed by atoms with Crippen molar-refractivity contribution in [3.8, 4) is 0 Å². The highest BCUT2D eigenvalue weighted by molar-refractivity contribution is 5.18. The van der Waals surface area contributed by atoms with Crippen molar-refractivity contribution in [1.29, 1.82) is 0 Å². The standard InChI is InChI=1S/C17H28O3/c1-13(2)16(20-12-11-17(3,4)19-5)15(18)14-9-7-6-8-10-14/h6-10,13,15-16,18H,11-12H2,1-5H3. The molecule has 0 bridgehead atoms. The Morgan fingerprint density at radius 2 is 1.75 bits per heavy atom. The number of hydrogen-bond acceptors (Lipinski definition) is 3. The summed E-state index contributed by atoms with van der Waals surface area (Å²) in [7, 11) is 1.71. The van der Waals surface area contributed by atoms with E-state index in [1.165, 1.54) is 0 Å². The molecular formula is C17H28O3. The average molecular weight is 280 g/mol. The fraction of sp³-hybridized carbons (Fsp3) is 0.647. The molecule has 20 heavy (non-hydrogen) atoms. The van der Waals surface area contributed by atoms with Gasteiger partial charge in [0.2, 0.25) is 0 Å². The number of aliphatic hydroxyl groups is 1. The summed E-state index contributed by atoms with van der Waals surface area (Å²) in [6.07, 6.45) is 0.000677. The van der Waals surface area contributed by atoms with E-state index in [0.29, 0.717) is 6.61 Å². The van der Waals surface area contributed by atoms with Crippen LogP contribution in [0.5, 0.6) is 0 Å². The van der Waals surface area contributed by atoms with E-state index in [0.717, 1.165) is 12.0 Å². The normalized spacial score (nSPS) is 15.3. The predicted molar refractivity (Wildman–Crippen MR) is 81.7 cm³/mol. The van der Waals surface area contributed by atoms with E-state index in [-0.39, 0.29) is 17.6 Å². The Morgan fingerprint density at radius 3 is 2.25 bits per heavy atom. The lowest BCUT2D eigenvalue weighted by atomic mass is 9.96. The minimum absolute atomic E-state index is 0.195. The highest BCUT2D eigenvalue weighted by Gasteiger charge is 2.26. The van der Waals surface area contributed by atoms with Crippen molar-refractivity contribution in [2.24, 2.45) is 5.92 Å². The number of methoxy groups -OCH3 is 1. The summed E-state index contributed by atoms with van der Waals surface area (Å²) >= 11 is 0. The van der Waals surface area contributed by atoms with Gasteiger partial charge in [0.05, 0.1) is 11.7 Å². The molecule has 0 aliphatic heterocycles. The number of benzene rings is 1. The second-order valence-electron chi connectivity index (χ2n) is 6.15. The number of rotatable bonds is 8. The van der Waals surface area contributed by atoms with Crippen LogP contribution in [0.25, 0.3) is 0 Å². The summed E-state index contributed by atoms with van der Waals surface area (Å²) in [4.78, 5) is 0. The van der Waals surface area contributed by atoms with E-state index in [1.54, 1.807) is 7.11 Å². The first-order valence-corrected chi connectivity index (χ1v) is 7.27. The smallest absolute Gasteiger partial charge is 0.105 e. The van der Waals surface area contributed by atoms with Crippen LogP contribution in [0.15, 0.2) is 30.3 Å². The van der Waals surface area contributed by atoms with Crippen LogP contribution in [0.4, 0.5) is 0 Å². The monoisotopic (exact) mass is 280 g/mol. The first-order valence-electron chi connectivity index (χ1n) is 7.27. The molecule has 114 valence electrons. The zero-order valence-corrected chi connectivity index (χ0v) is 13.3. The predicted octanol–water partition coefficient (Wildman–Crippen LogP) is 3.58. The fourth-order valence-electron chi connectivity index (χ4n) is 2.03. The lowest BCUT2D eigenvalue weighted by Gasteiger charge is -2.29. The number of hydrogen-bond donors (Lipinski definition) is 1. The third kappa shape index (κ3) is 5.23. The average Bonchev–Trinajstić information content (AvgIpc) is 2.43. The van der Waals surface area contributed by atoms with Crippen molar-refractivity contribution >= 4 is 0 Å². The molecule has 0 aliphatic rings. The van der Waals surface area contributed by atoms with Gasteiger partial charge in [-0.15, -0.1) is 0 Å². The first kappa shape index (κ1) is 17.2. The Labute approximate surface area is 122 Å². The maximum atomic E-state index is 10.5. The number of aliphatic hydroxyl groups excluding tert-OH is 1. The molecule has 1 aromatic rings. The van der Waals surface area contributed by atoms with Crippen molar-refractivity contribution < 1.29 is 14.6 Å². The van der Waals surface area contributed by atoms with E-state index >= 15 is 0 Å². The lowest BCUT2D eigenvalue weighted by molar-refractivity contribution is -0.0831. The molecule has 0 aromatic heterocycles. The van der Waals surface area contributed by atoms with Gasteiger partial charge in [-0.1, -0.05) is 44.2 Å². The Morgan fingerprint density at radius 1 is 1.15 bits per heavy atom. The van der Waals surface area contributed by atoms with E-state index in [4.69, 9.17) is 9.47 Å². The van der Waals surface area contributed by atoms with Gasteiger partial charge in [0.1, 0.15) is 6.10 Å². The van der Waals surface area contributed by atoms with Crippen molar-refractivity contribution in [2.45, 2.75) is 51.9 Å². The fourth-order valence-corrected chi connectivity index (χ4v) is 2.03. The van der Waals surface area contributed by atoms with Crippen molar-refractivity contribution in [3.63, 3.8) is 0 Å². The lowest BCUT2D eigenvalue weighted by Crippen LogP contribution is -2.31. The summed E-state index contributed by atoms with van der Waals surface area (Å²) < 4.78 is 11.3. The summed E-state index contributed by atoms with van der Waals surface area (Å²) in [5, 5.41) is 10.5. The van der Waals surface area contributed by atoms with Gasteiger partial charge in [-0.05, 0) is 31.7 Å². The van der Waals surface area contributed by atoms with E-state index < -0.39 is 6.10 Å². The molecule has 2 unspecified atom stereocenters. The minimum Gasteiger partial charge on any atom is -0.386 e. The third-order valence-electron chi connectivity index (χ3n) is 3.68. The maximum absolute atomic E-state index is 10.5. The van der Waals surface area contributed by atoms with Crippen LogP contribution < -0.4 is 0 Å². The van der Waals surface area contributed by atoms with Gasteiger partial charge in [0.25, 0.3) is 0 Å². The van der Waals surface area contributed by atoms with Gasteiger partial charge in [-0.2, -0.15) is 0 Å². The van der Waals surface area contributed by atoms with Gasteiger partial charge < -0.3 is 14.6 Å². The maximum Gasteiger partial charge on any atom is 0.105 e. The Hall–Kier alpha value is -0.900. The molecule has 0 aliphatic carbocycles. The SMILES string of the molecule is COC(C)(C)CCOC(C(C)C)C(O)c1ccccc1. The summed E-state index contributed by atoms with van der Waals surface area (Å²) in [6.45, 7) is 8.78. The molecule has 0 fully saturated rings. The summed E-state index contributed by atoms with van der Waals surface area (Å²) in [5.74, 6) is 0.246. The van der Waals surface area contributed by atoms with Crippen LogP contribution >= 0.6 is 0 Å². The minimum atomic E-state index is -0.596. The summed E-state index contributed by atoms with van der Waals surface area (Å²) in [6, 6.07) is 9.68. The van der Waals surface area contributed by atoms with E-state index in [2.05, 4.69) is 13.8 Å². The molecular weight excluding hydrogens is 252 g/mol. The Kier molecular flexibility index (Phi) is 6.66. The van der Waals surface area contributed by atoms with Gasteiger partial charge in [-0.25, -0.2) is 0 Å². The quantitative estimate of drug-likeness (QED) is 0.791. The van der Waals surface area contributed by atoms with Crippen molar-refractivity contribution in [2.75, 3.05) is 13.7 Å². The van der Waals surface area contributed by atoms with Crippen molar-refractivity contribution in [1.82, 2.24) is 0 Å². The van der Waals surface area contributed by atoms with Crippen LogP contribution in [0.1, 0.15) is 45.8 Å². The Bertz CT molecular complexity index is 373. The van der Waals surface area contributed by atoms with E-state index in [9.17, 15) is 5.11 Å². The van der Waals surface area contributed by atoms with Crippen LogP contribution in [0.2, 0.25) is 0 Å². The molecule has 1 rings (SSSR count). The largest absolute Gasteiger partial charge is 0.386 e. The topological polar surface area (TPSA) is 38.7 Å². The molecule has 1 aromatic carbocycles. The molecule has 0 saturated heterocycles. The first-order chi connectivity index (χ1) is 9.37.